The number of thioether (sulfide) groups is 2. The first kappa shape index (κ1) is 11.6. The molecule has 2 rings (SSSR count). The number of hydrogen-bond donors (Lipinski definition) is 1. The van der Waals surface area contributed by atoms with Gasteiger partial charge >= 0.3 is 5.97 Å². The number of carboxylic acids is 1. The van der Waals surface area contributed by atoms with Gasteiger partial charge in [0.15, 0.2) is 0 Å². The molecule has 86 valence electrons. The molecule has 0 aliphatic carbocycles. The van der Waals surface area contributed by atoms with E-state index in [1.165, 1.54) is 5.75 Å². The number of aliphatic carboxylic acids is 1. The first-order valence-corrected chi connectivity index (χ1v) is 7.46. The second-order valence-electron chi connectivity index (χ2n) is 4.15. The van der Waals surface area contributed by atoms with E-state index in [1.807, 2.05) is 11.8 Å². The molecular formula is C10H16O3S2. The van der Waals surface area contributed by atoms with Crippen molar-refractivity contribution in [3.8, 4) is 0 Å². The Kier molecular flexibility index (Phi) is 3.85. The molecule has 0 amide bonds. The quantitative estimate of drug-likeness (QED) is 0.826. The zero-order valence-electron chi connectivity index (χ0n) is 8.61. The van der Waals surface area contributed by atoms with Crippen LogP contribution >= 0.6 is 23.5 Å². The van der Waals surface area contributed by atoms with Gasteiger partial charge in [-0.2, -0.15) is 11.8 Å². The lowest BCUT2D eigenvalue weighted by Gasteiger charge is -2.37. The van der Waals surface area contributed by atoms with E-state index in [0.29, 0.717) is 5.25 Å². The highest BCUT2D eigenvalue weighted by atomic mass is 32.2. The third-order valence-corrected chi connectivity index (χ3v) is 5.47. The van der Waals surface area contributed by atoms with Crippen molar-refractivity contribution in [2.45, 2.75) is 30.1 Å². The molecule has 1 N–H and O–H groups in total. The van der Waals surface area contributed by atoms with Gasteiger partial charge in [0.2, 0.25) is 0 Å². The minimum Gasteiger partial charge on any atom is -0.481 e. The van der Waals surface area contributed by atoms with Crippen molar-refractivity contribution in [2.24, 2.45) is 0 Å². The van der Waals surface area contributed by atoms with Gasteiger partial charge in [-0.15, -0.1) is 11.8 Å². The van der Waals surface area contributed by atoms with Gasteiger partial charge in [-0.1, -0.05) is 0 Å². The van der Waals surface area contributed by atoms with Gasteiger partial charge in [0.05, 0.1) is 11.4 Å². The van der Waals surface area contributed by atoms with E-state index in [2.05, 4.69) is 0 Å². The number of rotatable bonds is 3. The molecule has 2 aliphatic rings. The Hall–Kier alpha value is 0.130. The Morgan fingerprint density at radius 3 is 3.20 bits per heavy atom. The molecule has 0 saturated carbocycles. The standard InChI is InChI=1S/C10H16O3S2/c11-9(12)6-15-8-1-3-13-10(5-8)2-4-14-7-10/h8H,1-7H2,(H,11,12). The SMILES string of the molecule is O=C(O)CSC1CCOC2(CCSC2)C1. The highest BCUT2D eigenvalue weighted by Crippen LogP contribution is 2.41. The summed E-state index contributed by atoms with van der Waals surface area (Å²) in [6.45, 7) is 0.803. The molecule has 0 aromatic rings. The summed E-state index contributed by atoms with van der Waals surface area (Å²) in [4.78, 5) is 10.5. The molecule has 0 bridgehead atoms. The molecule has 3 nitrogen and oxygen atoms in total. The van der Waals surface area contributed by atoms with Crippen LogP contribution in [-0.4, -0.2) is 45.8 Å². The van der Waals surface area contributed by atoms with Gasteiger partial charge in [-0.3, -0.25) is 4.79 Å². The summed E-state index contributed by atoms with van der Waals surface area (Å²) in [5.41, 5.74) is 0.0824. The smallest absolute Gasteiger partial charge is 0.313 e. The van der Waals surface area contributed by atoms with Crippen molar-refractivity contribution in [3.05, 3.63) is 0 Å². The molecule has 0 aromatic carbocycles. The zero-order valence-corrected chi connectivity index (χ0v) is 10.2. The van der Waals surface area contributed by atoms with Crippen LogP contribution in [0.15, 0.2) is 0 Å². The molecule has 0 radical (unpaired) electrons. The van der Waals surface area contributed by atoms with Gasteiger partial charge in [0.1, 0.15) is 0 Å². The van der Waals surface area contributed by atoms with Gasteiger partial charge < -0.3 is 9.84 Å². The number of hydrogen-bond acceptors (Lipinski definition) is 4. The van der Waals surface area contributed by atoms with E-state index < -0.39 is 5.97 Å². The van der Waals surface area contributed by atoms with Crippen LogP contribution in [0.25, 0.3) is 0 Å². The average molecular weight is 248 g/mol. The van der Waals surface area contributed by atoms with Crippen LogP contribution in [0, 0.1) is 0 Å². The Morgan fingerprint density at radius 1 is 1.67 bits per heavy atom. The van der Waals surface area contributed by atoms with E-state index in [1.54, 1.807) is 11.8 Å². The third kappa shape index (κ3) is 3.04. The van der Waals surface area contributed by atoms with E-state index in [4.69, 9.17) is 9.84 Å². The minimum atomic E-state index is -0.707. The maximum absolute atomic E-state index is 10.5. The topological polar surface area (TPSA) is 46.5 Å². The summed E-state index contributed by atoms with van der Waals surface area (Å²) in [6, 6.07) is 0. The zero-order chi connectivity index (χ0) is 10.7. The number of carboxylic acid groups (broad SMARTS) is 1. The molecule has 2 atom stereocenters. The van der Waals surface area contributed by atoms with E-state index in [9.17, 15) is 4.79 Å². The Balaban J connectivity index is 1.84. The van der Waals surface area contributed by atoms with Crippen LogP contribution in [0.5, 0.6) is 0 Å². The van der Waals surface area contributed by atoms with Crippen molar-refractivity contribution >= 4 is 29.5 Å². The summed E-state index contributed by atoms with van der Waals surface area (Å²) in [5.74, 6) is 1.81. The average Bonchev–Trinajstić information content (AvgIpc) is 2.63. The van der Waals surface area contributed by atoms with E-state index in [0.717, 1.165) is 31.6 Å². The predicted octanol–water partition coefficient (Wildman–Crippen LogP) is 1.86. The van der Waals surface area contributed by atoms with Crippen LogP contribution in [0.4, 0.5) is 0 Å². The molecule has 2 saturated heterocycles. The lowest BCUT2D eigenvalue weighted by molar-refractivity contribution is -0.133. The van der Waals surface area contributed by atoms with Crippen LogP contribution in [-0.2, 0) is 9.53 Å². The van der Waals surface area contributed by atoms with E-state index >= 15 is 0 Å². The molecular weight excluding hydrogens is 232 g/mol. The summed E-state index contributed by atoms with van der Waals surface area (Å²) < 4.78 is 5.88. The number of carbonyl (C=O) groups is 1. The molecule has 15 heavy (non-hydrogen) atoms. The molecule has 2 fully saturated rings. The maximum atomic E-state index is 10.5. The lowest BCUT2D eigenvalue weighted by atomic mass is 9.93. The Bertz CT molecular complexity index is 239. The Morgan fingerprint density at radius 2 is 2.53 bits per heavy atom. The van der Waals surface area contributed by atoms with Crippen molar-refractivity contribution in [3.63, 3.8) is 0 Å². The lowest BCUT2D eigenvalue weighted by Crippen LogP contribution is -2.41. The molecule has 5 heteroatoms. The first-order valence-electron chi connectivity index (χ1n) is 5.25. The van der Waals surface area contributed by atoms with Crippen molar-refractivity contribution in [1.29, 1.82) is 0 Å². The fourth-order valence-electron chi connectivity index (χ4n) is 2.18. The molecule has 1 spiro atoms. The first-order chi connectivity index (χ1) is 7.20. The summed E-state index contributed by atoms with van der Waals surface area (Å²) in [7, 11) is 0. The van der Waals surface area contributed by atoms with E-state index in [-0.39, 0.29) is 11.4 Å². The molecule has 0 aromatic heterocycles. The Labute approximate surface area is 98.3 Å². The fraction of sp³-hybridized carbons (Fsp3) is 0.900. The summed E-state index contributed by atoms with van der Waals surface area (Å²) in [5, 5.41) is 9.12. The fourth-order valence-corrected chi connectivity index (χ4v) is 4.62. The van der Waals surface area contributed by atoms with Crippen LogP contribution in [0.3, 0.4) is 0 Å². The van der Waals surface area contributed by atoms with Gasteiger partial charge in [-0.25, -0.2) is 0 Å². The van der Waals surface area contributed by atoms with Crippen LogP contribution in [0.1, 0.15) is 19.3 Å². The van der Waals surface area contributed by atoms with Crippen molar-refractivity contribution in [2.75, 3.05) is 23.9 Å². The highest BCUT2D eigenvalue weighted by molar-refractivity contribution is 8.00. The van der Waals surface area contributed by atoms with Crippen LogP contribution in [0.2, 0.25) is 0 Å². The second kappa shape index (κ2) is 4.97. The molecule has 2 unspecified atom stereocenters. The predicted molar refractivity (Wildman–Crippen MR) is 63.7 cm³/mol. The van der Waals surface area contributed by atoms with Gasteiger partial charge in [0.25, 0.3) is 0 Å². The van der Waals surface area contributed by atoms with Crippen LogP contribution < -0.4 is 0 Å². The van der Waals surface area contributed by atoms with Gasteiger partial charge in [-0.05, 0) is 25.0 Å². The minimum absolute atomic E-state index is 0.0824. The number of ether oxygens (including phenoxy) is 1. The van der Waals surface area contributed by atoms with Crippen molar-refractivity contribution in [1.82, 2.24) is 0 Å². The monoisotopic (exact) mass is 248 g/mol. The van der Waals surface area contributed by atoms with Crippen molar-refractivity contribution < 1.29 is 14.6 Å². The maximum Gasteiger partial charge on any atom is 0.313 e. The summed E-state index contributed by atoms with van der Waals surface area (Å²) >= 11 is 3.53. The summed E-state index contributed by atoms with van der Waals surface area (Å²) in [6.07, 6.45) is 3.18. The highest BCUT2D eigenvalue weighted by Gasteiger charge is 2.40. The molecule has 2 heterocycles. The van der Waals surface area contributed by atoms with Gasteiger partial charge in [0, 0.05) is 17.6 Å². The third-order valence-electron chi connectivity index (χ3n) is 2.96. The normalized spacial score (nSPS) is 35.9. The second-order valence-corrected chi connectivity index (χ2v) is 6.55. The largest absolute Gasteiger partial charge is 0.481 e. The molecule has 2 aliphatic heterocycles.